The number of hydrogen-bond acceptors (Lipinski definition) is 7. The molecule has 0 saturated carbocycles. The van der Waals surface area contributed by atoms with E-state index in [0.29, 0.717) is 28.2 Å². The Kier molecular flexibility index (Phi) is 4.61. The van der Waals surface area contributed by atoms with Crippen molar-refractivity contribution in [3.05, 3.63) is 58.8 Å². The molecule has 2 heterocycles. The predicted molar refractivity (Wildman–Crippen MR) is 118 cm³/mol. The quantitative estimate of drug-likeness (QED) is 0.541. The number of ether oxygens (including phenoxy) is 1. The SMILES string of the molecule is CC(C)(O)c1cc(C(C)(C)O)c2nc(Nc3ccc4c(c3)C(C)(C)OC4=O)ncc2c1. The van der Waals surface area contributed by atoms with E-state index in [4.69, 9.17) is 4.74 Å². The molecule has 0 fully saturated rings. The Hall–Kier alpha value is -3.03. The van der Waals surface area contributed by atoms with Crippen LogP contribution in [0.2, 0.25) is 0 Å². The first-order valence-electron chi connectivity index (χ1n) is 10.2. The maximum atomic E-state index is 12.0. The molecular formula is C24H27N3O4. The molecule has 1 aliphatic heterocycles. The third-order valence-corrected chi connectivity index (χ3v) is 5.54. The normalized spacial score (nSPS) is 15.7. The Morgan fingerprint density at radius 2 is 1.74 bits per heavy atom. The fraction of sp³-hybridized carbons (Fsp3) is 0.375. The summed E-state index contributed by atoms with van der Waals surface area (Å²) in [7, 11) is 0. The van der Waals surface area contributed by atoms with Gasteiger partial charge in [-0.25, -0.2) is 14.8 Å². The Balaban J connectivity index is 1.78. The maximum absolute atomic E-state index is 12.0. The average Bonchev–Trinajstić information content (AvgIpc) is 2.87. The predicted octanol–water partition coefficient (Wildman–Crippen LogP) is 4.23. The van der Waals surface area contributed by atoms with Gasteiger partial charge in [0.1, 0.15) is 5.60 Å². The van der Waals surface area contributed by atoms with Crippen LogP contribution in [0.3, 0.4) is 0 Å². The number of aliphatic hydroxyl groups is 2. The van der Waals surface area contributed by atoms with Gasteiger partial charge in [-0.1, -0.05) is 0 Å². The number of cyclic esters (lactones) is 1. The van der Waals surface area contributed by atoms with Gasteiger partial charge >= 0.3 is 5.97 Å². The molecule has 0 radical (unpaired) electrons. The van der Waals surface area contributed by atoms with E-state index in [2.05, 4.69) is 15.3 Å². The van der Waals surface area contributed by atoms with E-state index in [0.717, 1.165) is 16.6 Å². The Morgan fingerprint density at radius 3 is 2.39 bits per heavy atom. The van der Waals surface area contributed by atoms with E-state index in [9.17, 15) is 15.0 Å². The number of nitrogens with one attached hydrogen (secondary N) is 1. The molecule has 1 aliphatic rings. The summed E-state index contributed by atoms with van der Waals surface area (Å²) in [6.45, 7) is 10.5. The van der Waals surface area contributed by atoms with Gasteiger partial charge in [0, 0.05) is 28.4 Å². The molecule has 1 aromatic heterocycles. The summed E-state index contributed by atoms with van der Waals surface area (Å²) in [4.78, 5) is 21.1. The lowest BCUT2D eigenvalue weighted by molar-refractivity contribution is 0.00953. The number of fused-ring (bicyclic) bond motifs is 2. The molecule has 0 amide bonds. The summed E-state index contributed by atoms with van der Waals surface area (Å²) >= 11 is 0. The van der Waals surface area contributed by atoms with Gasteiger partial charge < -0.3 is 20.3 Å². The van der Waals surface area contributed by atoms with Crippen LogP contribution in [0.15, 0.2) is 36.5 Å². The van der Waals surface area contributed by atoms with Gasteiger partial charge in [-0.15, -0.1) is 0 Å². The molecular weight excluding hydrogens is 394 g/mol. The van der Waals surface area contributed by atoms with Crippen LogP contribution in [-0.4, -0.2) is 26.2 Å². The van der Waals surface area contributed by atoms with Crippen LogP contribution >= 0.6 is 0 Å². The van der Waals surface area contributed by atoms with Gasteiger partial charge in [-0.05, 0) is 77.4 Å². The number of rotatable bonds is 4. The summed E-state index contributed by atoms with van der Waals surface area (Å²) < 4.78 is 5.43. The smallest absolute Gasteiger partial charge is 0.339 e. The molecule has 3 N–H and O–H groups in total. The highest BCUT2D eigenvalue weighted by atomic mass is 16.6. The van der Waals surface area contributed by atoms with Crippen molar-refractivity contribution in [2.24, 2.45) is 0 Å². The minimum atomic E-state index is -1.17. The first-order chi connectivity index (χ1) is 14.3. The maximum Gasteiger partial charge on any atom is 0.339 e. The van der Waals surface area contributed by atoms with E-state index >= 15 is 0 Å². The number of aromatic nitrogens is 2. The largest absolute Gasteiger partial charge is 0.451 e. The third-order valence-electron chi connectivity index (χ3n) is 5.54. The van der Waals surface area contributed by atoms with Crippen molar-refractivity contribution in [1.82, 2.24) is 9.97 Å². The van der Waals surface area contributed by atoms with Crippen molar-refractivity contribution in [2.75, 3.05) is 5.32 Å². The zero-order valence-corrected chi connectivity index (χ0v) is 18.6. The molecule has 0 bridgehead atoms. The molecule has 4 rings (SSSR count). The minimum Gasteiger partial charge on any atom is -0.451 e. The van der Waals surface area contributed by atoms with Crippen LogP contribution in [-0.2, 0) is 21.5 Å². The standard InChI is InChI=1S/C24H27N3O4/c1-22(2,29)14-9-13-12-25-21(27-19(13)18(10-14)23(3,4)30)26-15-7-8-16-17(11-15)24(5,6)31-20(16)28/h7-12,29-30H,1-6H3,(H,25,26,27). The van der Waals surface area contributed by atoms with Gasteiger partial charge in [0.05, 0.1) is 22.3 Å². The third kappa shape index (κ3) is 3.86. The highest BCUT2D eigenvalue weighted by Crippen LogP contribution is 2.38. The van der Waals surface area contributed by atoms with Crippen molar-refractivity contribution >= 4 is 28.5 Å². The monoisotopic (exact) mass is 421 g/mol. The number of esters is 1. The average molecular weight is 421 g/mol. The second kappa shape index (κ2) is 6.73. The van der Waals surface area contributed by atoms with Crippen molar-refractivity contribution in [2.45, 2.75) is 58.3 Å². The Labute approximate surface area is 181 Å². The molecule has 31 heavy (non-hydrogen) atoms. The fourth-order valence-electron chi connectivity index (χ4n) is 3.79. The van der Waals surface area contributed by atoms with Crippen LogP contribution in [0.5, 0.6) is 0 Å². The van der Waals surface area contributed by atoms with E-state index < -0.39 is 16.8 Å². The van der Waals surface area contributed by atoms with Crippen LogP contribution < -0.4 is 5.32 Å². The summed E-state index contributed by atoms with van der Waals surface area (Å²) in [6, 6.07) is 8.98. The van der Waals surface area contributed by atoms with Crippen LogP contribution in [0.4, 0.5) is 11.6 Å². The van der Waals surface area contributed by atoms with Gasteiger partial charge in [-0.3, -0.25) is 0 Å². The first-order valence-corrected chi connectivity index (χ1v) is 10.2. The molecule has 0 aliphatic carbocycles. The second-order valence-electron chi connectivity index (χ2n) is 9.56. The van der Waals surface area contributed by atoms with Crippen molar-refractivity contribution in [3.63, 3.8) is 0 Å². The van der Waals surface area contributed by atoms with Crippen LogP contribution in [0.1, 0.15) is 68.6 Å². The lowest BCUT2D eigenvalue weighted by Crippen LogP contribution is -2.21. The number of anilines is 2. The number of hydrogen-bond donors (Lipinski definition) is 3. The summed E-state index contributed by atoms with van der Waals surface area (Å²) in [5, 5.41) is 25.1. The summed E-state index contributed by atoms with van der Waals surface area (Å²) in [5.74, 6) is 0.0305. The molecule has 0 atom stereocenters. The molecule has 3 aromatic rings. The molecule has 0 unspecified atom stereocenters. The molecule has 162 valence electrons. The van der Waals surface area contributed by atoms with Crippen molar-refractivity contribution < 1.29 is 19.7 Å². The minimum absolute atomic E-state index is 0.328. The van der Waals surface area contributed by atoms with Gasteiger partial charge in [0.15, 0.2) is 0 Å². The van der Waals surface area contributed by atoms with Crippen LogP contribution in [0, 0.1) is 0 Å². The summed E-state index contributed by atoms with van der Waals surface area (Å²) in [6.07, 6.45) is 1.67. The Bertz CT molecular complexity index is 1200. The molecule has 7 heteroatoms. The topological polar surface area (TPSA) is 105 Å². The molecule has 7 nitrogen and oxygen atoms in total. The Morgan fingerprint density at radius 1 is 1.03 bits per heavy atom. The lowest BCUT2D eigenvalue weighted by Gasteiger charge is -2.25. The van der Waals surface area contributed by atoms with E-state index in [1.807, 2.05) is 26.0 Å². The molecule has 0 spiro atoms. The van der Waals surface area contributed by atoms with Crippen LogP contribution in [0.25, 0.3) is 10.9 Å². The number of nitrogens with zero attached hydrogens (tertiary/aromatic N) is 2. The lowest BCUT2D eigenvalue weighted by atomic mass is 9.89. The molecule has 2 aromatic carbocycles. The zero-order chi connectivity index (χ0) is 22.8. The highest BCUT2D eigenvalue weighted by Gasteiger charge is 2.37. The van der Waals surface area contributed by atoms with E-state index in [1.165, 1.54) is 0 Å². The second-order valence-corrected chi connectivity index (χ2v) is 9.56. The van der Waals surface area contributed by atoms with Gasteiger partial charge in [0.2, 0.25) is 5.95 Å². The van der Waals surface area contributed by atoms with Gasteiger partial charge in [-0.2, -0.15) is 0 Å². The fourth-order valence-corrected chi connectivity index (χ4v) is 3.79. The number of benzene rings is 2. The molecule has 0 saturated heterocycles. The first kappa shape index (κ1) is 21.2. The zero-order valence-electron chi connectivity index (χ0n) is 18.6. The number of carbonyl (C=O) groups is 1. The van der Waals surface area contributed by atoms with Crippen molar-refractivity contribution in [1.29, 1.82) is 0 Å². The number of carbonyl (C=O) groups excluding carboxylic acids is 1. The summed E-state index contributed by atoms with van der Waals surface area (Å²) in [5.41, 5.74) is 1.01. The van der Waals surface area contributed by atoms with E-state index in [1.54, 1.807) is 52.1 Å². The van der Waals surface area contributed by atoms with Gasteiger partial charge in [0.25, 0.3) is 0 Å². The highest BCUT2D eigenvalue weighted by molar-refractivity contribution is 5.95. The van der Waals surface area contributed by atoms with E-state index in [-0.39, 0.29) is 5.97 Å². The van der Waals surface area contributed by atoms with Crippen molar-refractivity contribution in [3.8, 4) is 0 Å².